The Morgan fingerprint density at radius 3 is 2.28 bits per heavy atom. The quantitative estimate of drug-likeness (QED) is 0.688. The van der Waals surface area contributed by atoms with E-state index in [1.807, 2.05) is 22.9 Å². The number of anilines is 1. The molecule has 1 aliphatic carbocycles. The molecule has 0 bridgehead atoms. The summed E-state index contributed by atoms with van der Waals surface area (Å²) < 4.78 is 29.5. The van der Waals surface area contributed by atoms with Crippen LogP contribution in [0.25, 0.3) is 0 Å². The summed E-state index contributed by atoms with van der Waals surface area (Å²) in [7, 11) is -3.54. The molecule has 32 heavy (non-hydrogen) atoms. The smallest absolute Gasteiger partial charge is 0.243 e. The Balaban J connectivity index is 1.35. The van der Waals surface area contributed by atoms with Gasteiger partial charge in [-0.15, -0.1) is 0 Å². The van der Waals surface area contributed by atoms with E-state index < -0.39 is 10.0 Å². The molecule has 1 aromatic heterocycles. The van der Waals surface area contributed by atoms with Crippen LogP contribution in [-0.4, -0.2) is 41.5 Å². The molecule has 1 N–H and O–H groups in total. The molecule has 7 nitrogen and oxygen atoms in total. The lowest BCUT2D eigenvalue weighted by Gasteiger charge is -2.31. The lowest BCUT2D eigenvalue weighted by molar-refractivity contribution is -0.121. The van der Waals surface area contributed by atoms with Crippen LogP contribution in [0.5, 0.6) is 0 Å². The minimum atomic E-state index is -3.54. The van der Waals surface area contributed by atoms with Crippen LogP contribution in [0.2, 0.25) is 0 Å². The van der Waals surface area contributed by atoms with E-state index in [9.17, 15) is 13.2 Å². The van der Waals surface area contributed by atoms with Crippen molar-refractivity contribution in [2.24, 2.45) is 5.92 Å². The van der Waals surface area contributed by atoms with Crippen LogP contribution in [0.1, 0.15) is 76.3 Å². The lowest BCUT2D eigenvalue weighted by atomic mass is 9.95. The summed E-state index contributed by atoms with van der Waals surface area (Å²) in [6.07, 6.45) is 8.64. The maximum atomic E-state index is 13.0. The first-order chi connectivity index (χ1) is 15.4. The van der Waals surface area contributed by atoms with Crippen molar-refractivity contribution in [2.45, 2.75) is 75.6 Å². The number of nitrogens with zero attached hydrogens (tertiary/aromatic N) is 3. The number of hydrogen-bond donors (Lipinski definition) is 1. The van der Waals surface area contributed by atoms with E-state index in [0.717, 1.165) is 24.2 Å². The van der Waals surface area contributed by atoms with Crippen LogP contribution < -0.4 is 5.32 Å². The van der Waals surface area contributed by atoms with Gasteiger partial charge in [0, 0.05) is 25.1 Å². The average molecular weight is 459 g/mol. The molecule has 174 valence electrons. The Bertz CT molecular complexity index is 1020. The average Bonchev–Trinajstić information content (AvgIpc) is 3.28. The number of amides is 1. The topological polar surface area (TPSA) is 84.3 Å². The van der Waals surface area contributed by atoms with Crippen molar-refractivity contribution >= 4 is 21.7 Å². The molecule has 4 rings (SSSR count). The predicted molar refractivity (Wildman–Crippen MR) is 125 cm³/mol. The number of piperidine rings is 1. The highest BCUT2D eigenvalue weighted by Crippen LogP contribution is 2.31. The second-order valence-electron chi connectivity index (χ2n) is 9.34. The summed E-state index contributed by atoms with van der Waals surface area (Å²) in [6.45, 7) is 4.88. The molecule has 2 aliphatic rings. The lowest BCUT2D eigenvalue weighted by Crippen LogP contribution is -2.41. The summed E-state index contributed by atoms with van der Waals surface area (Å²) in [5.74, 6) is 0.873. The highest BCUT2D eigenvalue weighted by molar-refractivity contribution is 7.89. The first-order valence-electron chi connectivity index (χ1n) is 11.8. The normalized spacial score (nSPS) is 19.3. The van der Waals surface area contributed by atoms with Gasteiger partial charge in [-0.2, -0.15) is 9.40 Å². The minimum Gasteiger partial charge on any atom is -0.311 e. The molecule has 1 saturated heterocycles. The van der Waals surface area contributed by atoms with Crippen molar-refractivity contribution in [1.29, 1.82) is 0 Å². The Kier molecular flexibility index (Phi) is 7.00. The third kappa shape index (κ3) is 4.91. The molecule has 0 radical (unpaired) electrons. The summed E-state index contributed by atoms with van der Waals surface area (Å²) in [4.78, 5) is 13.2. The van der Waals surface area contributed by atoms with Crippen LogP contribution in [0.15, 0.2) is 41.4 Å². The molecular formula is C24H34N4O3S. The fourth-order valence-electron chi connectivity index (χ4n) is 4.79. The van der Waals surface area contributed by atoms with Gasteiger partial charge < -0.3 is 5.32 Å². The van der Waals surface area contributed by atoms with E-state index in [1.165, 1.54) is 23.6 Å². The van der Waals surface area contributed by atoms with Crippen LogP contribution >= 0.6 is 0 Å². The minimum absolute atomic E-state index is 0.0408. The Morgan fingerprint density at radius 1 is 1.00 bits per heavy atom. The van der Waals surface area contributed by atoms with Crippen molar-refractivity contribution in [3.8, 4) is 0 Å². The van der Waals surface area contributed by atoms with Gasteiger partial charge in [-0.1, -0.05) is 45.2 Å². The number of hydrogen-bond acceptors (Lipinski definition) is 4. The fraction of sp³-hybridized carbons (Fsp3) is 0.583. The van der Waals surface area contributed by atoms with Crippen LogP contribution in [0.3, 0.4) is 0 Å². The number of sulfonamides is 1. The molecule has 2 heterocycles. The molecule has 0 atom stereocenters. The van der Waals surface area contributed by atoms with E-state index in [1.54, 1.807) is 18.3 Å². The van der Waals surface area contributed by atoms with Crippen LogP contribution in [0.4, 0.5) is 5.82 Å². The molecule has 1 aliphatic heterocycles. The largest absolute Gasteiger partial charge is 0.311 e. The molecule has 1 saturated carbocycles. The van der Waals surface area contributed by atoms with E-state index >= 15 is 0 Å². The molecule has 1 aromatic carbocycles. The monoisotopic (exact) mass is 458 g/mol. The zero-order valence-corrected chi connectivity index (χ0v) is 19.9. The van der Waals surface area contributed by atoms with Gasteiger partial charge >= 0.3 is 0 Å². The van der Waals surface area contributed by atoms with Gasteiger partial charge in [-0.3, -0.25) is 4.79 Å². The third-order valence-corrected chi connectivity index (χ3v) is 8.76. The molecule has 1 amide bonds. The number of aromatic nitrogens is 2. The van der Waals surface area contributed by atoms with Crippen molar-refractivity contribution in [1.82, 2.24) is 14.1 Å². The highest BCUT2D eigenvalue weighted by atomic mass is 32.2. The number of benzene rings is 1. The van der Waals surface area contributed by atoms with Gasteiger partial charge in [0.25, 0.3) is 0 Å². The number of carbonyl (C=O) groups is 1. The van der Waals surface area contributed by atoms with E-state index in [2.05, 4.69) is 24.3 Å². The van der Waals surface area contributed by atoms with Gasteiger partial charge in [0.2, 0.25) is 15.9 Å². The fourth-order valence-corrected chi connectivity index (χ4v) is 6.26. The van der Waals surface area contributed by atoms with Crippen molar-refractivity contribution in [3.05, 3.63) is 42.1 Å². The SMILES string of the molecule is CC(C)c1ccc(S(=O)(=O)N2CCC(C(=O)Nc3ccnn3C3CCCCC3)CC2)cc1. The second kappa shape index (κ2) is 9.75. The zero-order valence-electron chi connectivity index (χ0n) is 19.0. The van der Waals surface area contributed by atoms with Crippen molar-refractivity contribution in [3.63, 3.8) is 0 Å². The standard InChI is InChI=1S/C24H34N4O3S/c1-18(2)19-8-10-22(11-9-19)32(30,31)27-16-13-20(14-17-27)24(29)26-23-12-15-25-28(23)21-6-4-3-5-7-21/h8-12,15,18,20-21H,3-7,13-14,16-17H2,1-2H3,(H,26,29). The second-order valence-corrected chi connectivity index (χ2v) is 11.3. The molecule has 2 fully saturated rings. The maximum Gasteiger partial charge on any atom is 0.243 e. The van der Waals surface area contributed by atoms with Gasteiger partial charge in [0.05, 0.1) is 17.1 Å². The Hall–Kier alpha value is -2.19. The molecule has 0 unspecified atom stereocenters. The van der Waals surface area contributed by atoms with Crippen molar-refractivity contribution in [2.75, 3.05) is 18.4 Å². The molecule has 0 spiro atoms. The molecular weight excluding hydrogens is 424 g/mol. The summed E-state index contributed by atoms with van der Waals surface area (Å²) in [5, 5.41) is 7.50. The van der Waals surface area contributed by atoms with Crippen molar-refractivity contribution < 1.29 is 13.2 Å². The van der Waals surface area contributed by atoms with Gasteiger partial charge in [-0.05, 0) is 49.3 Å². The third-order valence-electron chi connectivity index (χ3n) is 6.85. The van der Waals surface area contributed by atoms with Gasteiger partial charge in [-0.25, -0.2) is 13.1 Å². The number of carbonyl (C=O) groups excluding carboxylic acids is 1. The molecule has 8 heteroatoms. The van der Waals surface area contributed by atoms with E-state index in [-0.39, 0.29) is 11.8 Å². The van der Waals surface area contributed by atoms with E-state index in [0.29, 0.717) is 42.8 Å². The Morgan fingerprint density at radius 2 is 1.66 bits per heavy atom. The predicted octanol–water partition coefficient (Wildman–Crippen LogP) is 4.55. The maximum absolute atomic E-state index is 13.0. The molecule has 2 aromatic rings. The Labute approximate surface area is 191 Å². The van der Waals surface area contributed by atoms with Crippen LogP contribution in [-0.2, 0) is 14.8 Å². The van der Waals surface area contributed by atoms with Gasteiger partial charge in [0.1, 0.15) is 5.82 Å². The van der Waals surface area contributed by atoms with Crippen LogP contribution in [0, 0.1) is 5.92 Å². The first-order valence-corrected chi connectivity index (χ1v) is 13.2. The summed E-state index contributed by atoms with van der Waals surface area (Å²) in [5.41, 5.74) is 1.12. The van der Waals surface area contributed by atoms with Gasteiger partial charge in [0.15, 0.2) is 0 Å². The number of nitrogens with one attached hydrogen (secondary N) is 1. The van der Waals surface area contributed by atoms with E-state index in [4.69, 9.17) is 0 Å². The zero-order chi connectivity index (χ0) is 22.7. The first kappa shape index (κ1) is 23.0. The number of rotatable bonds is 6. The summed E-state index contributed by atoms with van der Waals surface area (Å²) in [6, 6.07) is 9.35. The summed E-state index contributed by atoms with van der Waals surface area (Å²) >= 11 is 0. The highest BCUT2D eigenvalue weighted by Gasteiger charge is 2.32.